The molecule has 0 aromatic heterocycles. The SMILES string of the molecule is CC(C)N(C(C)C)P(OCCC#N)OCCCCCCNC(=O)c1ccc2c(c1)C1(OC2=O)c2ccc(NC(=O)c3ccccc3)cc2Oc2cc(NC(=O)c3ccccc3)ccc21. The highest BCUT2D eigenvalue weighted by Gasteiger charge is 2.54. The zero-order valence-electron chi connectivity index (χ0n) is 36.4. The first-order valence-electron chi connectivity index (χ1n) is 21.6. The Morgan fingerprint density at radius 2 is 1.23 bits per heavy atom. The van der Waals surface area contributed by atoms with Crippen LogP contribution in [-0.2, 0) is 19.4 Å². The van der Waals surface area contributed by atoms with Gasteiger partial charge in [-0.3, -0.25) is 14.4 Å². The first-order chi connectivity index (χ1) is 31.0. The van der Waals surface area contributed by atoms with Gasteiger partial charge in [0.25, 0.3) is 26.2 Å². The van der Waals surface area contributed by atoms with Gasteiger partial charge in [0.15, 0.2) is 5.60 Å². The predicted octanol–water partition coefficient (Wildman–Crippen LogP) is 10.3. The van der Waals surface area contributed by atoms with Gasteiger partial charge >= 0.3 is 5.97 Å². The van der Waals surface area contributed by atoms with E-state index in [2.05, 4.69) is 54.4 Å². The number of benzene rings is 5. The number of hydrogen-bond donors (Lipinski definition) is 3. The predicted molar refractivity (Wildman–Crippen MR) is 245 cm³/mol. The molecule has 7 rings (SSSR count). The lowest BCUT2D eigenvalue weighted by Gasteiger charge is -2.37. The zero-order chi connectivity index (χ0) is 45.2. The molecule has 1 atom stereocenters. The van der Waals surface area contributed by atoms with Crippen molar-refractivity contribution in [1.82, 2.24) is 9.99 Å². The van der Waals surface area contributed by atoms with E-state index in [1.807, 2.05) is 12.1 Å². The molecule has 0 saturated carbocycles. The van der Waals surface area contributed by atoms with Crippen LogP contribution in [0.4, 0.5) is 11.4 Å². The molecule has 5 aromatic rings. The molecule has 3 amide bonds. The Kier molecular flexibility index (Phi) is 14.8. The fourth-order valence-corrected chi connectivity index (χ4v) is 9.57. The number of unbranched alkanes of at least 4 members (excludes halogenated alkanes) is 3. The summed E-state index contributed by atoms with van der Waals surface area (Å²) < 4.78 is 27.3. The summed E-state index contributed by atoms with van der Waals surface area (Å²) in [4.78, 5) is 53.8. The third-order valence-corrected chi connectivity index (χ3v) is 13.0. The highest BCUT2D eigenvalue weighted by atomic mass is 31.2. The molecule has 0 fully saturated rings. The Hall–Kier alpha value is -6.42. The molecular formula is C50H52N5O8P. The van der Waals surface area contributed by atoms with Gasteiger partial charge in [-0.25, -0.2) is 9.46 Å². The van der Waals surface area contributed by atoms with Gasteiger partial charge in [0.2, 0.25) is 0 Å². The standard InChI is InChI=1S/C50H52N5O8P/c1-33(2)55(34(3)4)64(61-29-15-26-51)60-28-14-6-5-13-27-52-46(56)37-20-23-40-43(30-37)50(63-49(40)59)41-24-21-38(53-47(57)35-16-9-7-10-17-35)31-44(41)62-45-32-39(22-25-42(45)50)54-48(58)36-18-11-8-12-19-36/h7-12,16-25,30-34H,5-6,13-15,27-29H2,1-4H3,(H,52,56)(H,53,57)(H,54,58). The van der Waals surface area contributed by atoms with Crippen LogP contribution in [-0.4, -0.2) is 60.2 Å². The molecule has 0 saturated heterocycles. The lowest BCUT2D eigenvalue weighted by Crippen LogP contribution is -2.33. The minimum absolute atomic E-state index is 0.229. The fourth-order valence-electron chi connectivity index (χ4n) is 7.94. The van der Waals surface area contributed by atoms with E-state index in [-0.39, 0.29) is 29.8 Å². The number of ether oxygens (including phenoxy) is 2. The second-order valence-corrected chi connectivity index (χ2v) is 17.5. The van der Waals surface area contributed by atoms with Crippen LogP contribution in [0.1, 0.15) is 118 Å². The molecule has 13 nitrogen and oxygen atoms in total. The molecule has 2 heterocycles. The Morgan fingerprint density at radius 3 is 1.80 bits per heavy atom. The number of nitrogens with zero attached hydrogens (tertiary/aromatic N) is 2. The Labute approximate surface area is 375 Å². The van der Waals surface area contributed by atoms with Gasteiger partial charge in [-0.1, -0.05) is 49.2 Å². The summed E-state index contributed by atoms with van der Waals surface area (Å²) in [5.74, 6) is -0.882. The highest BCUT2D eigenvalue weighted by molar-refractivity contribution is 7.44. The van der Waals surface area contributed by atoms with E-state index < -0.39 is 20.1 Å². The molecule has 0 aliphatic carbocycles. The van der Waals surface area contributed by atoms with E-state index >= 15 is 0 Å². The molecule has 64 heavy (non-hydrogen) atoms. The van der Waals surface area contributed by atoms with Crippen molar-refractivity contribution in [2.24, 2.45) is 0 Å². The van der Waals surface area contributed by atoms with Crippen molar-refractivity contribution in [3.8, 4) is 17.6 Å². The van der Waals surface area contributed by atoms with Crippen molar-refractivity contribution in [1.29, 1.82) is 5.26 Å². The number of anilines is 2. The number of esters is 1. The molecule has 3 N–H and O–H groups in total. The summed E-state index contributed by atoms with van der Waals surface area (Å²) in [5.41, 5.74) is 2.40. The summed E-state index contributed by atoms with van der Waals surface area (Å²) >= 11 is 0. The monoisotopic (exact) mass is 881 g/mol. The van der Waals surface area contributed by atoms with E-state index in [0.29, 0.717) is 88.0 Å². The van der Waals surface area contributed by atoms with Gasteiger partial charge in [0.05, 0.1) is 31.3 Å². The van der Waals surface area contributed by atoms with Crippen LogP contribution in [0.2, 0.25) is 0 Å². The number of nitriles is 1. The fraction of sp³-hybridized carbons (Fsp3) is 0.300. The molecule has 2 aliphatic heterocycles. The lowest BCUT2D eigenvalue weighted by molar-refractivity contribution is 0.0224. The van der Waals surface area contributed by atoms with Crippen LogP contribution in [0.5, 0.6) is 11.5 Å². The van der Waals surface area contributed by atoms with Crippen LogP contribution < -0.4 is 20.7 Å². The number of carbonyl (C=O) groups is 4. The van der Waals surface area contributed by atoms with Crippen molar-refractivity contribution < 1.29 is 37.7 Å². The zero-order valence-corrected chi connectivity index (χ0v) is 37.3. The molecule has 14 heteroatoms. The van der Waals surface area contributed by atoms with Gasteiger partial charge in [0, 0.05) is 75.5 Å². The highest BCUT2D eigenvalue weighted by Crippen LogP contribution is 2.57. The van der Waals surface area contributed by atoms with E-state index in [0.717, 1.165) is 25.7 Å². The summed E-state index contributed by atoms with van der Waals surface area (Å²) in [6.07, 6.45) is 3.67. The number of amides is 3. The smallest absolute Gasteiger partial charge is 0.340 e. The van der Waals surface area contributed by atoms with E-state index in [1.165, 1.54) is 0 Å². The van der Waals surface area contributed by atoms with Crippen LogP contribution in [0, 0.1) is 11.3 Å². The largest absolute Gasteiger partial charge is 0.456 e. The molecular weight excluding hydrogens is 830 g/mol. The molecule has 5 aromatic carbocycles. The van der Waals surface area contributed by atoms with Gasteiger partial charge in [-0.15, -0.1) is 0 Å². The van der Waals surface area contributed by atoms with Crippen molar-refractivity contribution in [3.05, 3.63) is 154 Å². The first-order valence-corrected chi connectivity index (χ1v) is 22.7. The molecule has 0 radical (unpaired) electrons. The quantitative estimate of drug-likeness (QED) is 0.0412. The average molecular weight is 882 g/mol. The average Bonchev–Trinajstić information content (AvgIpc) is 3.58. The summed E-state index contributed by atoms with van der Waals surface area (Å²) in [6, 6.07) is 35.4. The molecule has 1 spiro atoms. The Bertz CT molecular complexity index is 2420. The van der Waals surface area contributed by atoms with E-state index in [9.17, 15) is 19.2 Å². The minimum atomic E-state index is -1.53. The number of rotatable bonds is 19. The third kappa shape index (κ3) is 10.2. The van der Waals surface area contributed by atoms with Gasteiger partial charge < -0.3 is 34.5 Å². The van der Waals surface area contributed by atoms with Crippen LogP contribution in [0.3, 0.4) is 0 Å². The number of hydrogen-bond acceptors (Lipinski definition) is 10. The van der Waals surface area contributed by atoms with Crippen molar-refractivity contribution >= 4 is 43.6 Å². The second kappa shape index (κ2) is 20.8. The number of nitrogens with one attached hydrogen (secondary N) is 3. The van der Waals surface area contributed by atoms with Crippen molar-refractivity contribution in [2.45, 2.75) is 77.5 Å². The maximum Gasteiger partial charge on any atom is 0.340 e. The molecule has 330 valence electrons. The maximum absolute atomic E-state index is 13.8. The lowest BCUT2D eigenvalue weighted by atomic mass is 9.77. The van der Waals surface area contributed by atoms with Gasteiger partial charge in [-0.05, 0) is 107 Å². The summed E-state index contributed by atoms with van der Waals surface area (Å²) in [5, 5.41) is 17.9. The minimum Gasteiger partial charge on any atom is -0.456 e. The van der Waals surface area contributed by atoms with Crippen LogP contribution in [0.25, 0.3) is 0 Å². The Balaban J connectivity index is 1.07. The third-order valence-electron chi connectivity index (χ3n) is 10.9. The normalized spacial score (nSPS) is 13.6. The number of carbonyl (C=O) groups excluding carboxylic acids is 4. The Morgan fingerprint density at radius 1 is 0.672 bits per heavy atom. The van der Waals surface area contributed by atoms with Crippen LogP contribution in [0.15, 0.2) is 115 Å². The van der Waals surface area contributed by atoms with Crippen molar-refractivity contribution in [3.63, 3.8) is 0 Å². The van der Waals surface area contributed by atoms with Gasteiger partial charge in [0.1, 0.15) is 11.5 Å². The van der Waals surface area contributed by atoms with Crippen LogP contribution >= 0.6 is 8.53 Å². The topological polar surface area (TPSA) is 168 Å². The summed E-state index contributed by atoms with van der Waals surface area (Å²) in [6.45, 7) is 9.74. The molecule has 2 aliphatic rings. The van der Waals surface area contributed by atoms with E-state index in [1.54, 1.807) is 103 Å². The van der Waals surface area contributed by atoms with Gasteiger partial charge in [-0.2, -0.15) is 5.26 Å². The molecule has 1 unspecified atom stereocenters. The maximum atomic E-state index is 13.8. The first kappa shape index (κ1) is 45.6. The number of fused-ring (bicyclic) bond motifs is 6. The summed E-state index contributed by atoms with van der Waals surface area (Å²) in [7, 11) is -1.29. The van der Waals surface area contributed by atoms with E-state index in [4.69, 9.17) is 23.8 Å². The molecule has 0 bridgehead atoms. The second-order valence-electron chi connectivity index (χ2n) is 16.0. The van der Waals surface area contributed by atoms with Crippen molar-refractivity contribution in [2.75, 3.05) is 30.4 Å².